The summed E-state index contributed by atoms with van der Waals surface area (Å²) in [6, 6.07) is 0. The fourth-order valence-corrected chi connectivity index (χ4v) is 5.41. The molecule has 4 saturated carbocycles. The van der Waals surface area contributed by atoms with Gasteiger partial charge in [0.1, 0.15) is 10.3 Å². The van der Waals surface area contributed by atoms with E-state index in [1.807, 2.05) is 6.92 Å². The zero-order chi connectivity index (χ0) is 13.2. The van der Waals surface area contributed by atoms with E-state index in [9.17, 15) is 4.79 Å². The summed E-state index contributed by atoms with van der Waals surface area (Å²) < 4.78 is 0.584. The van der Waals surface area contributed by atoms with Gasteiger partial charge in [-0.25, -0.2) is 4.98 Å². The molecule has 19 heavy (non-hydrogen) atoms. The Kier molecular flexibility index (Phi) is 2.51. The quantitative estimate of drug-likeness (QED) is 0.862. The van der Waals surface area contributed by atoms with Crippen LogP contribution in [-0.4, -0.2) is 9.97 Å². The molecule has 0 aliphatic heterocycles. The summed E-state index contributed by atoms with van der Waals surface area (Å²) in [6.07, 6.45) is 7.96. The molecular formula is C15H19BrN2O. The van der Waals surface area contributed by atoms with Crippen LogP contribution in [0, 0.1) is 24.7 Å². The number of nitrogens with one attached hydrogen (secondary N) is 1. The highest BCUT2D eigenvalue weighted by atomic mass is 79.9. The number of H-pyrrole nitrogens is 1. The fraction of sp³-hybridized carbons (Fsp3) is 0.733. The Hall–Kier alpha value is -0.640. The van der Waals surface area contributed by atoms with Crippen LogP contribution in [0.5, 0.6) is 0 Å². The normalized spacial score (nSPS) is 39.8. The number of aromatic amines is 1. The molecule has 102 valence electrons. The van der Waals surface area contributed by atoms with Gasteiger partial charge in [-0.05, 0) is 79.1 Å². The maximum atomic E-state index is 12.0. The molecule has 5 rings (SSSR count). The van der Waals surface area contributed by atoms with Crippen molar-refractivity contribution < 1.29 is 0 Å². The van der Waals surface area contributed by atoms with Gasteiger partial charge in [-0.3, -0.25) is 4.79 Å². The van der Waals surface area contributed by atoms with Crippen LogP contribution in [0.15, 0.2) is 9.27 Å². The third-order valence-corrected chi connectivity index (χ3v) is 6.50. The second kappa shape index (κ2) is 3.94. The van der Waals surface area contributed by atoms with E-state index in [1.54, 1.807) is 0 Å². The van der Waals surface area contributed by atoms with Crippen LogP contribution >= 0.6 is 15.9 Å². The Morgan fingerprint density at radius 2 is 1.68 bits per heavy atom. The third-order valence-electron chi connectivity index (χ3n) is 5.57. The van der Waals surface area contributed by atoms with Gasteiger partial charge in [0.2, 0.25) is 0 Å². The van der Waals surface area contributed by atoms with Crippen LogP contribution in [0.25, 0.3) is 0 Å². The van der Waals surface area contributed by atoms with Crippen LogP contribution < -0.4 is 5.56 Å². The summed E-state index contributed by atoms with van der Waals surface area (Å²) in [5.74, 6) is 3.60. The summed E-state index contributed by atoms with van der Waals surface area (Å²) in [5.41, 5.74) is 0.993. The van der Waals surface area contributed by atoms with Crippen molar-refractivity contribution in [3.63, 3.8) is 0 Å². The van der Waals surface area contributed by atoms with E-state index in [0.717, 1.165) is 29.3 Å². The van der Waals surface area contributed by atoms with Gasteiger partial charge >= 0.3 is 0 Å². The van der Waals surface area contributed by atoms with Gasteiger partial charge in [0.05, 0.1) is 5.69 Å². The minimum absolute atomic E-state index is 0.0155. The Bertz CT molecular complexity index is 557. The molecule has 1 heterocycles. The van der Waals surface area contributed by atoms with Crippen molar-refractivity contribution in [2.24, 2.45) is 17.8 Å². The van der Waals surface area contributed by atoms with Crippen LogP contribution in [0.4, 0.5) is 0 Å². The van der Waals surface area contributed by atoms with E-state index in [-0.39, 0.29) is 11.0 Å². The second-order valence-corrected chi connectivity index (χ2v) is 7.80. The van der Waals surface area contributed by atoms with Crippen LogP contribution in [0.2, 0.25) is 0 Å². The van der Waals surface area contributed by atoms with Crippen molar-refractivity contribution in [1.82, 2.24) is 9.97 Å². The first kappa shape index (κ1) is 12.1. The number of aromatic nitrogens is 2. The minimum Gasteiger partial charge on any atom is -0.309 e. The molecule has 0 radical (unpaired) electrons. The van der Waals surface area contributed by atoms with Gasteiger partial charge < -0.3 is 4.98 Å². The number of nitrogens with zero attached hydrogens (tertiary/aromatic N) is 1. The maximum absolute atomic E-state index is 12.0. The van der Waals surface area contributed by atoms with E-state index < -0.39 is 0 Å². The Labute approximate surface area is 121 Å². The molecule has 1 aromatic heterocycles. The molecular weight excluding hydrogens is 304 g/mol. The predicted octanol–water partition coefficient (Wildman–Crippen LogP) is 3.31. The average Bonchev–Trinajstić information content (AvgIpc) is 2.33. The predicted molar refractivity (Wildman–Crippen MR) is 77.1 cm³/mol. The van der Waals surface area contributed by atoms with Crippen LogP contribution in [0.1, 0.15) is 50.0 Å². The molecule has 1 N–H and O–H groups in total. The van der Waals surface area contributed by atoms with Crippen molar-refractivity contribution in [1.29, 1.82) is 0 Å². The topological polar surface area (TPSA) is 45.8 Å². The highest BCUT2D eigenvalue weighted by Gasteiger charge is 2.52. The summed E-state index contributed by atoms with van der Waals surface area (Å²) in [4.78, 5) is 19.8. The molecule has 0 saturated heterocycles. The summed E-state index contributed by atoms with van der Waals surface area (Å²) >= 11 is 3.32. The van der Waals surface area contributed by atoms with Crippen LogP contribution in [-0.2, 0) is 5.41 Å². The van der Waals surface area contributed by atoms with Crippen molar-refractivity contribution in [2.75, 3.05) is 0 Å². The summed E-state index contributed by atoms with van der Waals surface area (Å²) in [6.45, 7) is 1.92. The molecule has 0 aromatic carbocycles. The van der Waals surface area contributed by atoms with E-state index in [4.69, 9.17) is 4.98 Å². The van der Waals surface area contributed by atoms with E-state index in [2.05, 4.69) is 20.9 Å². The summed E-state index contributed by atoms with van der Waals surface area (Å²) in [5, 5.41) is 0. The first-order valence-electron chi connectivity index (χ1n) is 7.33. The van der Waals surface area contributed by atoms with Gasteiger partial charge in [-0.1, -0.05) is 0 Å². The SMILES string of the molecule is Cc1nc(C23CC4CC(CC(C4)C2)C3)[nH]c(=O)c1Br. The second-order valence-electron chi connectivity index (χ2n) is 7.01. The largest absolute Gasteiger partial charge is 0.309 e. The molecule has 0 spiro atoms. The average molecular weight is 323 g/mol. The van der Waals surface area contributed by atoms with Crippen molar-refractivity contribution >= 4 is 15.9 Å². The lowest BCUT2D eigenvalue weighted by Crippen LogP contribution is -2.50. The molecule has 0 amide bonds. The van der Waals surface area contributed by atoms with Gasteiger partial charge in [-0.2, -0.15) is 0 Å². The Morgan fingerprint density at radius 3 is 2.16 bits per heavy atom. The number of halogens is 1. The molecule has 4 fully saturated rings. The Balaban J connectivity index is 1.82. The molecule has 4 aliphatic rings. The highest BCUT2D eigenvalue weighted by Crippen LogP contribution is 2.60. The Morgan fingerprint density at radius 1 is 1.16 bits per heavy atom. The van der Waals surface area contributed by atoms with Gasteiger partial charge in [0, 0.05) is 5.41 Å². The minimum atomic E-state index is -0.0155. The lowest BCUT2D eigenvalue weighted by atomic mass is 9.49. The molecule has 1 aromatic rings. The first-order chi connectivity index (χ1) is 9.06. The first-order valence-corrected chi connectivity index (χ1v) is 8.12. The molecule has 0 unspecified atom stereocenters. The standard InChI is InChI=1S/C15H19BrN2O/c1-8-12(16)13(19)18-14(17-8)15-5-9-2-10(6-15)4-11(3-9)7-15/h9-11H,2-7H2,1H3,(H,17,18,19). The van der Waals surface area contributed by atoms with Crippen molar-refractivity contribution in [3.8, 4) is 0 Å². The van der Waals surface area contributed by atoms with E-state index >= 15 is 0 Å². The molecule has 4 bridgehead atoms. The molecule has 4 heteroatoms. The van der Waals surface area contributed by atoms with Crippen LogP contribution in [0.3, 0.4) is 0 Å². The smallest absolute Gasteiger partial charge is 0.265 e. The van der Waals surface area contributed by atoms with Gasteiger partial charge in [0.25, 0.3) is 5.56 Å². The molecule has 3 nitrogen and oxygen atoms in total. The van der Waals surface area contributed by atoms with Crippen molar-refractivity contribution in [2.45, 2.75) is 50.9 Å². The van der Waals surface area contributed by atoms with E-state index in [0.29, 0.717) is 4.47 Å². The lowest BCUT2D eigenvalue weighted by molar-refractivity contribution is -0.00960. The lowest BCUT2D eigenvalue weighted by Gasteiger charge is -2.56. The number of hydrogen-bond donors (Lipinski definition) is 1. The number of rotatable bonds is 1. The zero-order valence-corrected chi connectivity index (χ0v) is 12.8. The molecule has 0 atom stereocenters. The van der Waals surface area contributed by atoms with Gasteiger partial charge in [-0.15, -0.1) is 0 Å². The summed E-state index contributed by atoms with van der Waals surface area (Å²) in [7, 11) is 0. The fourth-order valence-electron chi connectivity index (χ4n) is 5.22. The third kappa shape index (κ3) is 1.75. The number of aryl methyl sites for hydroxylation is 1. The molecule has 4 aliphatic carbocycles. The highest BCUT2D eigenvalue weighted by molar-refractivity contribution is 9.10. The zero-order valence-electron chi connectivity index (χ0n) is 11.2. The van der Waals surface area contributed by atoms with Crippen molar-refractivity contribution in [3.05, 3.63) is 26.3 Å². The maximum Gasteiger partial charge on any atom is 0.265 e. The van der Waals surface area contributed by atoms with Gasteiger partial charge in [0.15, 0.2) is 0 Å². The monoisotopic (exact) mass is 322 g/mol. The van der Waals surface area contributed by atoms with E-state index in [1.165, 1.54) is 38.5 Å². The number of hydrogen-bond acceptors (Lipinski definition) is 2.